The lowest BCUT2D eigenvalue weighted by atomic mass is 10.3. The quantitative estimate of drug-likeness (QED) is 0.740. The maximum absolute atomic E-state index is 11.4. The summed E-state index contributed by atoms with van der Waals surface area (Å²) in [4.78, 5) is 13.0. The van der Waals surface area contributed by atoms with E-state index in [0.29, 0.717) is 0 Å². The predicted molar refractivity (Wildman–Crippen MR) is 55.3 cm³/mol. The van der Waals surface area contributed by atoms with Crippen LogP contribution in [0.25, 0.3) is 0 Å². The number of para-hydroxylation sites is 1. The van der Waals surface area contributed by atoms with Crippen LogP contribution in [-0.2, 0) is 4.74 Å². The number of carbonyl (C=O) groups excluding carboxylic acids is 1. The van der Waals surface area contributed by atoms with Gasteiger partial charge in [0.25, 0.3) is 0 Å². The SMILES string of the molecule is COCNC(=O)N(C)c1ccccc1. The largest absolute Gasteiger partial charge is 0.364 e. The van der Waals surface area contributed by atoms with Gasteiger partial charge in [-0.1, -0.05) is 18.2 Å². The van der Waals surface area contributed by atoms with Gasteiger partial charge in [0.15, 0.2) is 0 Å². The molecule has 0 aliphatic carbocycles. The van der Waals surface area contributed by atoms with Crippen LogP contribution >= 0.6 is 0 Å². The van der Waals surface area contributed by atoms with Crippen molar-refractivity contribution in [3.05, 3.63) is 30.3 Å². The number of ether oxygens (including phenoxy) is 1. The summed E-state index contributed by atoms with van der Waals surface area (Å²) >= 11 is 0. The molecule has 1 aromatic rings. The Morgan fingerprint density at radius 2 is 2.07 bits per heavy atom. The lowest BCUT2D eigenvalue weighted by Gasteiger charge is -2.17. The summed E-state index contributed by atoms with van der Waals surface area (Å²) in [6.45, 7) is 0.218. The molecule has 0 fully saturated rings. The van der Waals surface area contributed by atoms with Gasteiger partial charge in [0, 0.05) is 19.8 Å². The van der Waals surface area contributed by atoms with E-state index in [1.165, 1.54) is 12.0 Å². The third-order valence-electron chi connectivity index (χ3n) is 1.82. The van der Waals surface area contributed by atoms with Crippen LogP contribution in [-0.4, -0.2) is 26.9 Å². The fourth-order valence-electron chi connectivity index (χ4n) is 1.02. The summed E-state index contributed by atoms with van der Waals surface area (Å²) in [5.41, 5.74) is 0.848. The Labute approximate surface area is 83.5 Å². The second kappa shape index (κ2) is 5.24. The first-order valence-electron chi connectivity index (χ1n) is 4.31. The Morgan fingerprint density at radius 3 is 2.64 bits per heavy atom. The number of nitrogens with zero attached hydrogens (tertiary/aromatic N) is 1. The number of amides is 2. The molecule has 0 unspecified atom stereocenters. The number of nitrogens with one attached hydrogen (secondary N) is 1. The van der Waals surface area contributed by atoms with Crippen LogP contribution in [0.5, 0.6) is 0 Å². The molecule has 0 atom stereocenters. The topological polar surface area (TPSA) is 41.6 Å². The maximum Gasteiger partial charge on any atom is 0.323 e. The highest BCUT2D eigenvalue weighted by atomic mass is 16.5. The number of hydrogen-bond donors (Lipinski definition) is 1. The number of methoxy groups -OCH3 is 1. The van der Waals surface area contributed by atoms with Gasteiger partial charge in [-0.05, 0) is 12.1 Å². The summed E-state index contributed by atoms with van der Waals surface area (Å²) in [6, 6.07) is 9.23. The summed E-state index contributed by atoms with van der Waals surface area (Å²) < 4.78 is 4.74. The van der Waals surface area contributed by atoms with Crippen molar-refractivity contribution in [1.82, 2.24) is 5.32 Å². The first kappa shape index (κ1) is 10.5. The molecule has 0 aliphatic heterocycles. The lowest BCUT2D eigenvalue weighted by molar-refractivity contribution is 0.175. The van der Waals surface area contributed by atoms with Gasteiger partial charge < -0.3 is 10.1 Å². The molecule has 0 aliphatic rings. The molecule has 0 radical (unpaired) electrons. The van der Waals surface area contributed by atoms with Crippen molar-refractivity contribution >= 4 is 11.7 Å². The fourth-order valence-corrected chi connectivity index (χ4v) is 1.02. The molecule has 4 nitrogen and oxygen atoms in total. The van der Waals surface area contributed by atoms with Crippen molar-refractivity contribution in [3.63, 3.8) is 0 Å². The van der Waals surface area contributed by atoms with Gasteiger partial charge in [0.2, 0.25) is 0 Å². The molecule has 0 spiro atoms. The van der Waals surface area contributed by atoms with E-state index in [1.807, 2.05) is 30.3 Å². The molecule has 2 amide bonds. The normalized spacial score (nSPS) is 9.57. The standard InChI is InChI=1S/C10H14N2O2/c1-12(10(13)11-8-14-2)9-6-4-3-5-7-9/h3-7H,8H2,1-2H3,(H,11,13). The van der Waals surface area contributed by atoms with E-state index in [2.05, 4.69) is 5.32 Å². The van der Waals surface area contributed by atoms with E-state index >= 15 is 0 Å². The van der Waals surface area contributed by atoms with Crippen molar-refractivity contribution in [2.24, 2.45) is 0 Å². The van der Waals surface area contributed by atoms with Gasteiger partial charge in [0.1, 0.15) is 6.73 Å². The molecule has 0 bridgehead atoms. The predicted octanol–water partition coefficient (Wildman–Crippen LogP) is 1.44. The minimum atomic E-state index is -0.182. The van der Waals surface area contributed by atoms with Crippen LogP contribution < -0.4 is 10.2 Å². The van der Waals surface area contributed by atoms with Crippen molar-refractivity contribution in [1.29, 1.82) is 0 Å². The van der Waals surface area contributed by atoms with Gasteiger partial charge >= 0.3 is 6.03 Å². The average molecular weight is 194 g/mol. The Bertz CT molecular complexity index is 287. The zero-order valence-electron chi connectivity index (χ0n) is 8.36. The first-order valence-corrected chi connectivity index (χ1v) is 4.31. The van der Waals surface area contributed by atoms with E-state index < -0.39 is 0 Å². The van der Waals surface area contributed by atoms with Crippen molar-refractivity contribution in [2.75, 3.05) is 25.8 Å². The summed E-state index contributed by atoms with van der Waals surface area (Å²) in [7, 11) is 3.24. The second-order valence-corrected chi connectivity index (χ2v) is 2.81. The molecule has 0 aromatic heterocycles. The summed E-state index contributed by atoms with van der Waals surface area (Å²) in [6.07, 6.45) is 0. The van der Waals surface area contributed by atoms with Crippen LogP contribution in [0.1, 0.15) is 0 Å². The Kier molecular flexibility index (Phi) is 3.94. The minimum Gasteiger partial charge on any atom is -0.364 e. The molecule has 0 heterocycles. The average Bonchev–Trinajstić information content (AvgIpc) is 2.26. The number of hydrogen-bond acceptors (Lipinski definition) is 2. The van der Waals surface area contributed by atoms with Crippen molar-refractivity contribution in [2.45, 2.75) is 0 Å². The number of benzene rings is 1. The Balaban J connectivity index is 2.57. The van der Waals surface area contributed by atoms with Crippen LogP contribution in [0, 0.1) is 0 Å². The Hall–Kier alpha value is -1.55. The molecule has 14 heavy (non-hydrogen) atoms. The zero-order valence-corrected chi connectivity index (χ0v) is 8.36. The van der Waals surface area contributed by atoms with Crippen LogP contribution in [0.4, 0.5) is 10.5 Å². The second-order valence-electron chi connectivity index (χ2n) is 2.81. The number of rotatable bonds is 3. The molecule has 1 N–H and O–H groups in total. The van der Waals surface area contributed by atoms with Gasteiger partial charge in [-0.3, -0.25) is 4.90 Å². The van der Waals surface area contributed by atoms with Crippen LogP contribution in [0.2, 0.25) is 0 Å². The lowest BCUT2D eigenvalue weighted by Crippen LogP contribution is -2.38. The van der Waals surface area contributed by atoms with E-state index in [1.54, 1.807) is 7.05 Å². The van der Waals surface area contributed by atoms with Gasteiger partial charge in [0.05, 0.1) is 0 Å². The molecule has 1 rings (SSSR count). The molecule has 0 saturated heterocycles. The van der Waals surface area contributed by atoms with Crippen molar-refractivity contribution < 1.29 is 9.53 Å². The first-order chi connectivity index (χ1) is 6.75. The summed E-state index contributed by atoms with van der Waals surface area (Å²) in [5, 5.41) is 2.60. The number of carbonyl (C=O) groups is 1. The highest BCUT2D eigenvalue weighted by Gasteiger charge is 2.08. The monoisotopic (exact) mass is 194 g/mol. The summed E-state index contributed by atoms with van der Waals surface area (Å²) in [5.74, 6) is 0. The minimum absolute atomic E-state index is 0.182. The van der Waals surface area contributed by atoms with Gasteiger partial charge in [-0.15, -0.1) is 0 Å². The van der Waals surface area contributed by atoms with Gasteiger partial charge in [-0.25, -0.2) is 4.79 Å². The van der Waals surface area contributed by atoms with Crippen molar-refractivity contribution in [3.8, 4) is 0 Å². The van der Waals surface area contributed by atoms with Gasteiger partial charge in [-0.2, -0.15) is 0 Å². The van der Waals surface area contributed by atoms with E-state index in [9.17, 15) is 4.79 Å². The van der Waals surface area contributed by atoms with E-state index in [4.69, 9.17) is 4.74 Å². The highest BCUT2D eigenvalue weighted by Crippen LogP contribution is 2.10. The molecular weight excluding hydrogens is 180 g/mol. The van der Waals surface area contributed by atoms with Crippen LogP contribution in [0.15, 0.2) is 30.3 Å². The number of urea groups is 1. The van der Waals surface area contributed by atoms with E-state index in [0.717, 1.165) is 5.69 Å². The third-order valence-corrected chi connectivity index (χ3v) is 1.82. The molecule has 1 aromatic carbocycles. The number of anilines is 1. The van der Waals surface area contributed by atoms with Crippen LogP contribution in [0.3, 0.4) is 0 Å². The fraction of sp³-hybridized carbons (Fsp3) is 0.300. The molecule has 0 saturated carbocycles. The third kappa shape index (κ3) is 2.74. The smallest absolute Gasteiger partial charge is 0.323 e. The maximum atomic E-state index is 11.4. The zero-order chi connectivity index (χ0) is 10.4. The molecular formula is C10H14N2O2. The Morgan fingerprint density at radius 1 is 1.43 bits per heavy atom. The molecule has 4 heteroatoms. The molecule has 76 valence electrons. The highest BCUT2D eigenvalue weighted by molar-refractivity contribution is 5.91. The van der Waals surface area contributed by atoms with E-state index in [-0.39, 0.29) is 12.8 Å².